The summed E-state index contributed by atoms with van der Waals surface area (Å²) >= 11 is 0. The van der Waals surface area contributed by atoms with E-state index in [1.54, 1.807) is 45.0 Å². The number of amides is 3. The first-order chi connectivity index (χ1) is 9.19. The summed E-state index contributed by atoms with van der Waals surface area (Å²) in [6.07, 6.45) is -0.492. The Kier molecular flexibility index (Phi) is 5.10. The van der Waals surface area contributed by atoms with Gasteiger partial charge in [0, 0.05) is 17.6 Å². The number of anilines is 1. The van der Waals surface area contributed by atoms with Crippen molar-refractivity contribution in [2.75, 3.05) is 5.32 Å². The van der Waals surface area contributed by atoms with Crippen LogP contribution in [-0.4, -0.2) is 22.6 Å². The minimum Gasteiger partial charge on any atom is -0.389 e. The Morgan fingerprint density at radius 1 is 1.30 bits per heavy atom. The fourth-order valence-electron chi connectivity index (χ4n) is 1.79. The van der Waals surface area contributed by atoms with Crippen LogP contribution >= 0.6 is 0 Å². The van der Waals surface area contributed by atoms with Crippen LogP contribution in [-0.2, 0) is 4.79 Å². The zero-order chi connectivity index (χ0) is 15.3. The van der Waals surface area contributed by atoms with E-state index in [0.29, 0.717) is 5.69 Å². The second-order valence-corrected chi connectivity index (χ2v) is 5.40. The number of aliphatic hydroxyl groups is 1. The molecular formula is C14H21N3O3. The van der Waals surface area contributed by atoms with Gasteiger partial charge >= 0.3 is 6.03 Å². The van der Waals surface area contributed by atoms with Crippen LogP contribution < -0.4 is 16.4 Å². The van der Waals surface area contributed by atoms with E-state index in [4.69, 9.17) is 5.73 Å². The van der Waals surface area contributed by atoms with Crippen LogP contribution in [0.15, 0.2) is 24.3 Å². The SMILES string of the molecule is CC(O)c1ccc(NC(=O)NC(C)(C)CC(N)=O)cc1. The van der Waals surface area contributed by atoms with Gasteiger partial charge in [0.15, 0.2) is 0 Å². The van der Waals surface area contributed by atoms with Crippen molar-refractivity contribution in [1.29, 1.82) is 0 Å². The van der Waals surface area contributed by atoms with E-state index in [1.807, 2.05) is 0 Å². The molecule has 1 aromatic rings. The van der Waals surface area contributed by atoms with E-state index in [0.717, 1.165) is 5.56 Å². The van der Waals surface area contributed by atoms with E-state index in [1.165, 1.54) is 0 Å². The summed E-state index contributed by atoms with van der Waals surface area (Å²) < 4.78 is 0. The minimum atomic E-state index is -0.713. The van der Waals surface area contributed by atoms with Gasteiger partial charge in [-0.15, -0.1) is 0 Å². The summed E-state index contributed by atoms with van der Waals surface area (Å²) in [5.74, 6) is -0.475. The Labute approximate surface area is 118 Å². The molecule has 0 heterocycles. The van der Waals surface area contributed by atoms with Crippen molar-refractivity contribution < 1.29 is 14.7 Å². The lowest BCUT2D eigenvalue weighted by Gasteiger charge is -2.24. The average molecular weight is 279 g/mol. The molecule has 0 saturated carbocycles. The van der Waals surface area contributed by atoms with E-state index >= 15 is 0 Å². The number of nitrogens with one attached hydrogen (secondary N) is 2. The number of urea groups is 1. The van der Waals surface area contributed by atoms with Crippen molar-refractivity contribution >= 4 is 17.6 Å². The van der Waals surface area contributed by atoms with Crippen molar-refractivity contribution in [2.45, 2.75) is 38.8 Å². The topological polar surface area (TPSA) is 104 Å². The number of aliphatic hydroxyl groups excluding tert-OH is 1. The lowest BCUT2D eigenvalue weighted by Crippen LogP contribution is -2.47. The van der Waals surface area contributed by atoms with Crippen LogP contribution in [0.2, 0.25) is 0 Å². The van der Waals surface area contributed by atoms with Crippen molar-refractivity contribution in [1.82, 2.24) is 5.32 Å². The van der Waals surface area contributed by atoms with E-state index in [9.17, 15) is 14.7 Å². The molecule has 0 aliphatic carbocycles. The predicted octanol–water partition coefficient (Wildman–Crippen LogP) is 1.52. The normalized spacial score (nSPS) is 12.6. The van der Waals surface area contributed by atoms with E-state index < -0.39 is 23.6 Å². The molecule has 0 bridgehead atoms. The average Bonchev–Trinajstić information content (AvgIpc) is 2.26. The second kappa shape index (κ2) is 6.38. The van der Waals surface area contributed by atoms with Gasteiger partial charge in [-0.1, -0.05) is 12.1 Å². The molecule has 0 aliphatic rings. The maximum atomic E-state index is 11.8. The highest BCUT2D eigenvalue weighted by molar-refractivity contribution is 5.90. The zero-order valence-corrected chi connectivity index (χ0v) is 11.9. The summed E-state index contributed by atoms with van der Waals surface area (Å²) in [6, 6.07) is 6.44. The molecule has 6 nitrogen and oxygen atoms in total. The Morgan fingerprint density at radius 3 is 2.30 bits per heavy atom. The lowest BCUT2D eigenvalue weighted by molar-refractivity contribution is -0.119. The van der Waals surface area contributed by atoms with Gasteiger partial charge in [0.25, 0.3) is 0 Å². The quantitative estimate of drug-likeness (QED) is 0.656. The highest BCUT2D eigenvalue weighted by Gasteiger charge is 2.22. The number of carbonyl (C=O) groups excluding carboxylic acids is 2. The Hall–Kier alpha value is -2.08. The van der Waals surface area contributed by atoms with E-state index in [2.05, 4.69) is 10.6 Å². The molecule has 6 heteroatoms. The second-order valence-electron chi connectivity index (χ2n) is 5.40. The van der Waals surface area contributed by atoms with Gasteiger partial charge < -0.3 is 21.5 Å². The highest BCUT2D eigenvalue weighted by Crippen LogP contribution is 2.16. The molecular weight excluding hydrogens is 258 g/mol. The fourth-order valence-corrected chi connectivity index (χ4v) is 1.79. The molecule has 0 radical (unpaired) electrons. The van der Waals surface area contributed by atoms with Crippen LogP contribution in [0.1, 0.15) is 38.9 Å². The van der Waals surface area contributed by atoms with Gasteiger partial charge in [-0.3, -0.25) is 4.79 Å². The molecule has 1 rings (SSSR count). The first-order valence-corrected chi connectivity index (χ1v) is 6.35. The maximum absolute atomic E-state index is 11.8. The molecule has 1 atom stereocenters. The number of carbonyl (C=O) groups is 2. The number of benzene rings is 1. The minimum absolute atomic E-state index is 0.0569. The summed E-state index contributed by atoms with van der Waals surface area (Å²) in [4.78, 5) is 22.7. The van der Waals surface area contributed by atoms with Gasteiger partial charge in [0.05, 0.1) is 6.10 Å². The fraction of sp³-hybridized carbons (Fsp3) is 0.429. The number of nitrogens with two attached hydrogens (primary N) is 1. The molecule has 1 aromatic carbocycles. The molecule has 3 amide bonds. The third-order valence-electron chi connectivity index (χ3n) is 2.72. The van der Waals surface area contributed by atoms with Gasteiger partial charge in [0.1, 0.15) is 0 Å². The number of primary amides is 1. The maximum Gasteiger partial charge on any atom is 0.319 e. The molecule has 5 N–H and O–H groups in total. The molecule has 1 unspecified atom stereocenters. The molecule has 0 aromatic heterocycles. The third-order valence-corrected chi connectivity index (χ3v) is 2.72. The smallest absolute Gasteiger partial charge is 0.319 e. The van der Waals surface area contributed by atoms with Crippen LogP contribution in [0.25, 0.3) is 0 Å². The molecule has 110 valence electrons. The predicted molar refractivity (Wildman–Crippen MR) is 77.1 cm³/mol. The number of hydrogen-bond acceptors (Lipinski definition) is 3. The highest BCUT2D eigenvalue weighted by atomic mass is 16.3. The molecule has 20 heavy (non-hydrogen) atoms. The first-order valence-electron chi connectivity index (χ1n) is 6.35. The standard InChI is InChI=1S/C14H21N3O3/c1-9(18)10-4-6-11(7-5-10)16-13(20)17-14(2,3)8-12(15)19/h4-7,9,18H,8H2,1-3H3,(H2,15,19)(H2,16,17,20). The molecule has 0 aliphatic heterocycles. The van der Waals surface area contributed by atoms with Crippen molar-refractivity contribution in [3.63, 3.8) is 0 Å². The van der Waals surface area contributed by atoms with Crippen LogP contribution in [0, 0.1) is 0 Å². The Morgan fingerprint density at radius 2 is 1.85 bits per heavy atom. The van der Waals surface area contributed by atoms with Gasteiger partial charge in [-0.25, -0.2) is 4.79 Å². The number of hydrogen-bond donors (Lipinski definition) is 4. The summed E-state index contributed by atoms with van der Waals surface area (Å²) in [6.45, 7) is 5.10. The summed E-state index contributed by atoms with van der Waals surface area (Å²) in [7, 11) is 0. The number of rotatable bonds is 5. The van der Waals surface area contributed by atoms with Crippen LogP contribution in [0.4, 0.5) is 10.5 Å². The zero-order valence-electron chi connectivity index (χ0n) is 11.9. The molecule has 0 fully saturated rings. The summed E-state index contributed by atoms with van der Waals surface area (Å²) in [5, 5.41) is 14.7. The van der Waals surface area contributed by atoms with Crippen molar-refractivity contribution in [3.8, 4) is 0 Å². The Balaban J connectivity index is 2.60. The third kappa shape index (κ3) is 5.27. The van der Waals surface area contributed by atoms with Gasteiger partial charge in [-0.05, 0) is 38.5 Å². The summed E-state index contributed by atoms with van der Waals surface area (Å²) in [5.41, 5.74) is 5.77. The van der Waals surface area contributed by atoms with Crippen molar-refractivity contribution in [3.05, 3.63) is 29.8 Å². The van der Waals surface area contributed by atoms with Crippen LogP contribution in [0.3, 0.4) is 0 Å². The van der Waals surface area contributed by atoms with Crippen LogP contribution in [0.5, 0.6) is 0 Å². The molecule has 0 saturated heterocycles. The lowest BCUT2D eigenvalue weighted by atomic mass is 10.0. The van der Waals surface area contributed by atoms with Gasteiger partial charge in [0.2, 0.25) is 5.91 Å². The molecule has 0 spiro atoms. The van der Waals surface area contributed by atoms with Crippen molar-refractivity contribution in [2.24, 2.45) is 5.73 Å². The monoisotopic (exact) mass is 279 g/mol. The van der Waals surface area contributed by atoms with E-state index in [-0.39, 0.29) is 6.42 Å². The Bertz CT molecular complexity index is 481. The largest absolute Gasteiger partial charge is 0.389 e. The van der Waals surface area contributed by atoms with Gasteiger partial charge in [-0.2, -0.15) is 0 Å². The first kappa shape index (κ1) is 16.0.